The second kappa shape index (κ2) is 11.9. The maximum Gasteiger partial charge on any atom is 0.279 e. The number of amides is 2. The molecule has 0 saturated carbocycles. The molecule has 2 aromatic rings. The minimum absolute atomic E-state index is 0.0701. The summed E-state index contributed by atoms with van der Waals surface area (Å²) in [6.07, 6.45) is 3.47. The highest BCUT2D eigenvalue weighted by molar-refractivity contribution is 8.25. The van der Waals surface area contributed by atoms with Crippen LogP contribution < -0.4 is 4.74 Å². The fraction of sp³-hybridized carbons (Fsp3) is 0.407. The first kappa shape index (κ1) is 26.8. The van der Waals surface area contributed by atoms with Crippen molar-refractivity contribution in [2.45, 2.75) is 79.1 Å². The molecule has 1 N–H and O–H groups in total. The van der Waals surface area contributed by atoms with Crippen molar-refractivity contribution >= 4 is 47.1 Å². The molecule has 4 rings (SSSR count). The fourth-order valence-corrected chi connectivity index (χ4v) is 7.54. The summed E-state index contributed by atoms with van der Waals surface area (Å²) in [6.45, 7) is 9.10. The molecule has 0 unspecified atom stereocenters. The molecule has 192 valence electrons. The first-order chi connectivity index (χ1) is 17.3. The van der Waals surface area contributed by atoms with Gasteiger partial charge in [-0.2, -0.15) is 0 Å². The van der Waals surface area contributed by atoms with E-state index in [1.807, 2.05) is 50.2 Å². The third kappa shape index (κ3) is 5.53. The Hall–Kier alpha value is -2.23. The van der Waals surface area contributed by atoms with Crippen LogP contribution in [0.25, 0.3) is 0 Å². The average molecular weight is 545 g/mol. The van der Waals surface area contributed by atoms with Crippen LogP contribution in [0, 0.1) is 0 Å². The van der Waals surface area contributed by atoms with Crippen LogP contribution in [0.2, 0.25) is 0 Å². The van der Waals surface area contributed by atoms with Crippen molar-refractivity contribution in [1.29, 1.82) is 0 Å². The zero-order chi connectivity index (χ0) is 25.8. The van der Waals surface area contributed by atoms with Gasteiger partial charge in [0.15, 0.2) is 0 Å². The highest BCUT2D eigenvalue weighted by atomic mass is 32.2. The van der Waals surface area contributed by atoms with Crippen LogP contribution in [0.1, 0.15) is 53.4 Å². The van der Waals surface area contributed by atoms with E-state index in [1.165, 1.54) is 35.3 Å². The average Bonchev–Trinajstić information content (AvgIpc) is 3.39. The SMILES string of the molecule is CCCCN1C(=O)C(=C2Sc3c(OC(C)C)cc(Sc4ccccc4)c(O)c3S2)C(=O)N1CCCC. The number of hydrogen-bond donors (Lipinski definition) is 1. The molecule has 1 saturated heterocycles. The molecule has 2 amide bonds. The Labute approximate surface area is 225 Å². The van der Waals surface area contributed by atoms with Gasteiger partial charge in [0.1, 0.15) is 17.1 Å². The molecule has 0 aromatic heterocycles. The molecule has 0 atom stereocenters. The fourth-order valence-electron chi connectivity index (χ4n) is 3.92. The van der Waals surface area contributed by atoms with E-state index in [4.69, 9.17) is 4.74 Å². The topological polar surface area (TPSA) is 70.1 Å². The lowest BCUT2D eigenvalue weighted by molar-refractivity contribution is -0.147. The lowest BCUT2D eigenvalue weighted by Crippen LogP contribution is -2.42. The van der Waals surface area contributed by atoms with Gasteiger partial charge in [0.05, 0.1) is 25.0 Å². The monoisotopic (exact) mass is 544 g/mol. The summed E-state index contributed by atoms with van der Waals surface area (Å²) in [4.78, 5) is 30.0. The van der Waals surface area contributed by atoms with Crippen LogP contribution in [0.5, 0.6) is 11.5 Å². The van der Waals surface area contributed by atoms with Gasteiger partial charge in [0.2, 0.25) is 0 Å². The molecule has 1 fully saturated rings. The van der Waals surface area contributed by atoms with Gasteiger partial charge in [-0.25, -0.2) is 10.0 Å². The van der Waals surface area contributed by atoms with Crippen LogP contribution in [-0.4, -0.2) is 46.1 Å². The van der Waals surface area contributed by atoms with Crippen LogP contribution >= 0.6 is 35.3 Å². The number of carbonyl (C=O) groups excluding carboxylic acids is 2. The highest BCUT2D eigenvalue weighted by Gasteiger charge is 2.44. The lowest BCUT2D eigenvalue weighted by Gasteiger charge is -2.27. The van der Waals surface area contributed by atoms with E-state index >= 15 is 0 Å². The van der Waals surface area contributed by atoms with E-state index in [0.717, 1.165) is 35.5 Å². The molecule has 2 aliphatic rings. The van der Waals surface area contributed by atoms with E-state index < -0.39 is 0 Å². The second-order valence-electron chi connectivity index (χ2n) is 8.89. The summed E-state index contributed by atoms with van der Waals surface area (Å²) in [5.74, 6) is 0.286. The first-order valence-corrected chi connectivity index (χ1v) is 14.8. The lowest BCUT2D eigenvalue weighted by atomic mass is 10.3. The summed E-state index contributed by atoms with van der Waals surface area (Å²) in [7, 11) is 0. The van der Waals surface area contributed by atoms with Gasteiger partial charge in [-0.05, 0) is 44.9 Å². The highest BCUT2D eigenvalue weighted by Crippen LogP contribution is 2.61. The Kier molecular flexibility index (Phi) is 8.85. The molecule has 9 heteroatoms. The van der Waals surface area contributed by atoms with Gasteiger partial charge in [-0.1, -0.05) is 80.2 Å². The Balaban J connectivity index is 1.73. The zero-order valence-corrected chi connectivity index (χ0v) is 23.5. The number of hydrazine groups is 1. The maximum absolute atomic E-state index is 13.5. The van der Waals surface area contributed by atoms with E-state index in [-0.39, 0.29) is 29.2 Å². The third-order valence-corrected chi connectivity index (χ3v) is 9.36. The molecule has 0 bridgehead atoms. The van der Waals surface area contributed by atoms with Crippen molar-refractivity contribution in [3.05, 3.63) is 46.2 Å². The van der Waals surface area contributed by atoms with E-state index in [9.17, 15) is 14.7 Å². The van der Waals surface area contributed by atoms with Gasteiger partial charge in [0.25, 0.3) is 11.8 Å². The van der Waals surface area contributed by atoms with Gasteiger partial charge in [0, 0.05) is 18.0 Å². The van der Waals surface area contributed by atoms with Crippen molar-refractivity contribution < 1.29 is 19.4 Å². The number of carbonyl (C=O) groups is 2. The number of rotatable bonds is 10. The molecule has 0 aliphatic carbocycles. The molecule has 2 aromatic carbocycles. The van der Waals surface area contributed by atoms with Gasteiger partial charge < -0.3 is 9.84 Å². The summed E-state index contributed by atoms with van der Waals surface area (Å²) < 4.78 is 6.73. The van der Waals surface area contributed by atoms with Crippen molar-refractivity contribution in [1.82, 2.24) is 10.0 Å². The van der Waals surface area contributed by atoms with Crippen molar-refractivity contribution in [2.75, 3.05) is 13.1 Å². The number of phenols is 1. The van der Waals surface area contributed by atoms with Crippen LogP contribution in [-0.2, 0) is 9.59 Å². The molecule has 2 aliphatic heterocycles. The normalized spacial score (nSPS) is 15.5. The van der Waals surface area contributed by atoms with Crippen molar-refractivity contribution in [3.8, 4) is 11.5 Å². The number of nitrogens with zero attached hydrogens (tertiary/aromatic N) is 2. The molecular formula is C27H32N2O4S3. The third-order valence-electron chi connectivity index (χ3n) is 5.70. The Bertz CT molecular complexity index is 1140. The molecule has 6 nitrogen and oxygen atoms in total. The van der Waals surface area contributed by atoms with Gasteiger partial charge in [-0.15, -0.1) is 0 Å². The minimum atomic E-state index is -0.253. The van der Waals surface area contributed by atoms with Gasteiger partial charge >= 0.3 is 0 Å². The summed E-state index contributed by atoms with van der Waals surface area (Å²) in [5.41, 5.74) is 0.195. The molecule has 0 radical (unpaired) electrons. The predicted octanol–water partition coefficient (Wildman–Crippen LogP) is 6.93. The van der Waals surface area contributed by atoms with Gasteiger partial charge in [-0.3, -0.25) is 9.59 Å². The van der Waals surface area contributed by atoms with Crippen molar-refractivity contribution in [3.63, 3.8) is 0 Å². The maximum atomic E-state index is 13.5. The van der Waals surface area contributed by atoms with E-state index in [0.29, 0.717) is 32.9 Å². The predicted molar refractivity (Wildman–Crippen MR) is 146 cm³/mol. The summed E-state index contributed by atoms with van der Waals surface area (Å²) in [5, 5.41) is 14.4. The number of benzene rings is 2. The number of aromatic hydroxyl groups is 1. The number of thioether (sulfide) groups is 2. The Morgan fingerprint density at radius 2 is 1.53 bits per heavy atom. The van der Waals surface area contributed by atoms with Crippen LogP contribution in [0.15, 0.2) is 65.8 Å². The largest absolute Gasteiger partial charge is 0.506 e. The van der Waals surface area contributed by atoms with E-state index in [1.54, 1.807) is 10.0 Å². The zero-order valence-electron chi connectivity index (χ0n) is 21.1. The number of unbranched alkanes of at least 4 members (excludes halogenated alkanes) is 2. The number of ether oxygens (including phenoxy) is 1. The Morgan fingerprint density at radius 3 is 2.08 bits per heavy atom. The summed E-state index contributed by atoms with van der Waals surface area (Å²) in [6, 6.07) is 11.7. The minimum Gasteiger partial charge on any atom is -0.506 e. The number of hydrogen-bond acceptors (Lipinski definition) is 7. The standard InChI is InChI=1S/C27H32N2O4S3/c1-5-7-14-28-25(31)21(26(32)29(28)15-8-6-2)27-35-23-19(33-17(3)4)16-20(22(30)24(23)36-27)34-18-12-10-9-11-13-18/h9-13,16-17,30H,5-8,14-15H2,1-4H3. The smallest absolute Gasteiger partial charge is 0.279 e. The number of phenolic OH excluding ortho intramolecular Hbond substituents is 1. The molecule has 2 heterocycles. The number of fused-ring (bicyclic) bond motifs is 1. The molecular weight excluding hydrogens is 513 g/mol. The van der Waals surface area contributed by atoms with E-state index in [2.05, 4.69) is 13.8 Å². The Morgan fingerprint density at radius 1 is 0.944 bits per heavy atom. The molecule has 36 heavy (non-hydrogen) atoms. The quantitative estimate of drug-likeness (QED) is 0.257. The molecule has 0 spiro atoms. The first-order valence-electron chi connectivity index (χ1n) is 12.4. The second-order valence-corrected chi connectivity index (χ2v) is 12.3. The summed E-state index contributed by atoms with van der Waals surface area (Å²) >= 11 is 4.09. The van der Waals surface area contributed by atoms with Crippen LogP contribution in [0.4, 0.5) is 0 Å². The van der Waals surface area contributed by atoms with Crippen LogP contribution in [0.3, 0.4) is 0 Å². The van der Waals surface area contributed by atoms with Crippen molar-refractivity contribution in [2.24, 2.45) is 0 Å².